The first kappa shape index (κ1) is 20.3. The van der Waals surface area contributed by atoms with Crippen molar-refractivity contribution in [1.82, 2.24) is 14.1 Å². The highest BCUT2D eigenvalue weighted by Gasteiger charge is 2.34. The van der Waals surface area contributed by atoms with Gasteiger partial charge in [-0.3, -0.25) is 4.79 Å². The Morgan fingerprint density at radius 3 is 2.04 bits per heavy atom. The first-order valence-electron chi connectivity index (χ1n) is 9.86. The number of amides is 1. The monoisotopic (exact) mass is 393 g/mol. The van der Waals surface area contributed by atoms with Crippen molar-refractivity contribution in [3.63, 3.8) is 0 Å². The van der Waals surface area contributed by atoms with Crippen LogP contribution in [0.2, 0.25) is 0 Å². The van der Waals surface area contributed by atoms with Gasteiger partial charge < -0.3 is 9.80 Å². The van der Waals surface area contributed by atoms with Gasteiger partial charge in [0, 0.05) is 45.2 Å². The van der Waals surface area contributed by atoms with Gasteiger partial charge in [0.15, 0.2) is 0 Å². The van der Waals surface area contributed by atoms with E-state index in [4.69, 9.17) is 0 Å². The summed E-state index contributed by atoms with van der Waals surface area (Å²) in [7, 11) is -1.42. The lowest BCUT2D eigenvalue weighted by Gasteiger charge is -2.37. The van der Waals surface area contributed by atoms with Crippen LogP contribution in [0.25, 0.3) is 0 Å². The molecule has 1 aromatic carbocycles. The molecule has 0 spiro atoms. The van der Waals surface area contributed by atoms with Crippen molar-refractivity contribution >= 4 is 15.9 Å². The van der Waals surface area contributed by atoms with Crippen molar-refractivity contribution in [1.29, 1.82) is 0 Å². The zero-order valence-corrected chi connectivity index (χ0v) is 17.4. The molecule has 2 fully saturated rings. The van der Waals surface area contributed by atoms with Gasteiger partial charge in [-0.05, 0) is 43.5 Å². The maximum atomic E-state index is 12.9. The van der Waals surface area contributed by atoms with Gasteiger partial charge in [-0.15, -0.1) is 0 Å². The van der Waals surface area contributed by atoms with Crippen molar-refractivity contribution < 1.29 is 13.2 Å². The van der Waals surface area contributed by atoms with Gasteiger partial charge in [0.25, 0.3) is 0 Å². The second kappa shape index (κ2) is 8.29. The minimum absolute atomic E-state index is 0.0526. The number of nitrogens with zero attached hydrogens (tertiary/aromatic N) is 3. The van der Waals surface area contributed by atoms with Gasteiger partial charge in [-0.1, -0.05) is 26.0 Å². The molecule has 0 saturated carbocycles. The van der Waals surface area contributed by atoms with Crippen molar-refractivity contribution in [3.8, 4) is 0 Å². The third-order valence-electron chi connectivity index (χ3n) is 5.80. The minimum Gasteiger partial charge on any atom is -0.340 e. The largest absolute Gasteiger partial charge is 0.340 e. The molecule has 1 amide bonds. The normalized spacial score (nSPS) is 21.0. The van der Waals surface area contributed by atoms with Crippen LogP contribution in [0.15, 0.2) is 29.2 Å². The molecule has 150 valence electrons. The van der Waals surface area contributed by atoms with E-state index in [2.05, 4.69) is 25.8 Å². The van der Waals surface area contributed by atoms with Crippen LogP contribution in [0, 0.1) is 5.92 Å². The van der Waals surface area contributed by atoms with Gasteiger partial charge in [0.05, 0.1) is 4.90 Å². The molecule has 0 N–H and O–H groups in total. The van der Waals surface area contributed by atoms with Crippen LogP contribution in [-0.4, -0.2) is 74.7 Å². The summed E-state index contributed by atoms with van der Waals surface area (Å²) in [6.45, 7) is 8.37. The third kappa shape index (κ3) is 4.52. The predicted octanol–water partition coefficient (Wildman–Crippen LogP) is 1.98. The Balaban J connectivity index is 1.60. The van der Waals surface area contributed by atoms with Crippen molar-refractivity contribution in [3.05, 3.63) is 29.8 Å². The number of hydrogen-bond donors (Lipinski definition) is 0. The highest BCUT2D eigenvalue weighted by molar-refractivity contribution is 7.89. The smallest absolute Gasteiger partial charge is 0.243 e. The number of sulfonamides is 1. The van der Waals surface area contributed by atoms with Crippen LogP contribution >= 0.6 is 0 Å². The number of hydrogen-bond acceptors (Lipinski definition) is 4. The number of carbonyl (C=O) groups excluding carboxylic acids is 1. The summed E-state index contributed by atoms with van der Waals surface area (Å²) in [5.74, 6) is 0.516. The maximum Gasteiger partial charge on any atom is 0.243 e. The zero-order chi connectivity index (χ0) is 19.6. The SMILES string of the molecule is CC(C)c1ccc(S(=O)(=O)N2CCC(C(=O)N3CCN(C)CC3)CC2)cc1. The van der Waals surface area contributed by atoms with Crippen LogP contribution in [0.3, 0.4) is 0 Å². The van der Waals surface area contributed by atoms with Gasteiger partial charge >= 0.3 is 0 Å². The van der Waals surface area contributed by atoms with E-state index in [0.29, 0.717) is 36.7 Å². The van der Waals surface area contributed by atoms with E-state index in [9.17, 15) is 13.2 Å². The van der Waals surface area contributed by atoms with Crippen LogP contribution in [0.1, 0.15) is 38.2 Å². The number of piperazine rings is 1. The first-order chi connectivity index (χ1) is 12.8. The van der Waals surface area contributed by atoms with E-state index in [1.807, 2.05) is 17.0 Å². The van der Waals surface area contributed by atoms with Gasteiger partial charge in [0.1, 0.15) is 0 Å². The summed E-state index contributed by atoms with van der Waals surface area (Å²) < 4.78 is 27.3. The van der Waals surface area contributed by atoms with Crippen LogP contribution in [0.4, 0.5) is 0 Å². The van der Waals surface area contributed by atoms with Crippen molar-refractivity contribution in [2.45, 2.75) is 37.5 Å². The fourth-order valence-corrected chi connectivity index (χ4v) is 5.27. The Labute approximate surface area is 163 Å². The fraction of sp³-hybridized carbons (Fsp3) is 0.650. The van der Waals surface area contributed by atoms with E-state index >= 15 is 0 Å². The highest BCUT2D eigenvalue weighted by Crippen LogP contribution is 2.26. The summed E-state index contributed by atoms with van der Waals surface area (Å²) in [4.78, 5) is 17.2. The second-order valence-corrected chi connectivity index (χ2v) is 9.97. The summed E-state index contributed by atoms with van der Waals surface area (Å²) in [5, 5.41) is 0. The van der Waals surface area contributed by atoms with E-state index < -0.39 is 10.0 Å². The lowest BCUT2D eigenvalue weighted by Crippen LogP contribution is -2.50. The molecule has 0 unspecified atom stereocenters. The van der Waals surface area contributed by atoms with Crippen LogP contribution in [-0.2, 0) is 14.8 Å². The number of benzene rings is 1. The topological polar surface area (TPSA) is 60.9 Å². The van der Waals surface area contributed by atoms with Crippen molar-refractivity contribution in [2.24, 2.45) is 5.92 Å². The molecule has 0 bridgehead atoms. The number of likely N-dealkylation sites (N-methyl/N-ethyl adjacent to an activating group) is 1. The first-order valence-corrected chi connectivity index (χ1v) is 11.3. The van der Waals surface area contributed by atoms with E-state index in [-0.39, 0.29) is 11.8 Å². The summed E-state index contributed by atoms with van der Waals surface area (Å²) in [5.41, 5.74) is 1.13. The van der Waals surface area contributed by atoms with E-state index in [1.54, 1.807) is 12.1 Å². The molecular formula is C20H31N3O3S. The number of piperidine rings is 1. The Morgan fingerprint density at radius 2 is 1.52 bits per heavy atom. The molecule has 0 aliphatic carbocycles. The lowest BCUT2D eigenvalue weighted by molar-refractivity contribution is -0.138. The van der Waals surface area contributed by atoms with Gasteiger partial charge in [0.2, 0.25) is 15.9 Å². The molecule has 0 aromatic heterocycles. The van der Waals surface area contributed by atoms with Crippen LogP contribution in [0.5, 0.6) is 0 Å². The van der Waals surface area contributed by atoms with E-state index in [1.165, 1.54) is 4.31 Å². The molecule has 2 aliphatic rings. The van der Waals surface area contributed by atoms with E-state index in [0.717, 1.165) is 31.7 Å². The molecule has 0 radical (unpaired) electrons. The minimum atomic E-state index is -3.48. The fourth-order valence-electron chi connectivity index (χ4n) is 3.80. The molecule has 2 aliphatic heterocycles. The lowest BCUT2D eigenvalue weighted by atomic mass is 9.96. The van der Waals surface area contributed by atoms with Crippen LogP contribution < -0.4 is 0 Å². The Kier molecular flexibility index (Phi) is 6.23. The number of carbonyl (C=O) groups is 1. The Bertz CT molecular complexity index is 745. The maximum absolute atomic E-state index is 12.9. The molecule has 0 atom stereocenters. The average molecular weight is 394 g/mol. The highest BCUT2D eigenvalue weighted by atomic mass is 32.2. The van der Waals surface area contributed by atoms with Gasteiger partial charge in [-0.2, -0.15) is 4.31 Å². The summed E-state index contributed by atoms with van der Waals surface area (Å²) >= 11 is 0. The molecule has 7 heteroatoms. The summed E-state index contributed by atoms with van der Waals surface area (Å²) in [6, 6.07) is 7.18. The molecule has 27 heavy (non-hydrogen) atoms. The standard InChI is InChI=1S/C20H31N3O3S/c1-16(2)17-4-6-19(7-5-17)27(25,26)23-10-8-18(9-11-23)20(24)22-14-12-21(3)13-15-22/h4-7,16,18H,8-15H2,1-3H3. The molecule has 3 rings (SSSR count). The third-order valence-corrected chi connectivity index (χ3v) is 7.72. The Morgan fingerprint density at radius 1 is 0.963 bits per heavy atom. The summed E-state index contributed by atoms with van der Waals surface area (Å²) in [6.07, 6.45) is 1.21. The molecule has 2 saturated heterocycles. The molecule has 2 heterocycles. The van der Waals surface area contributed by atoms with Crippen molar-refractivity contribution in [2.75, 3.05) is 46.3 Å². The quantitative estimate of drug-likeness (QED) is 0.785. The predicted molar refractivity (Wildman–Crippen MR) is 106 cm³/mol. The van der Waals surface area contributed by atoms with Gasteiger partial charge in [-0.25, -0.2) is 8.42 Å². The Hall–Kier alpha value is -1.44. The second-order valence-electron chi connectivity index (χ2n) is 8.03. The zero-order valence-electron chi connectivity index (χ0n) is 16.6. The average Bonchev–Trinajstić information content (AvgIpc) is 2.68. The molecule has 1 aromatic rings. The number of rotatable bonds is 4. The molecule has 6 nitrogen and oxygen atoms in total. The molecular weight excluding hydrogens is 362 g/mol.